The lowest BCUT2D eigenvalue weighted by Crippen LogP contribution is -2.13. The molecule has 0 bridgehead atoms. The first-order chi connectivity index (χ1) is 6.77. The summed E-state index contributed by atoms with van der Waals surface area (Å²) in [5.74, 6) is 0. The Balaban J connectivity index is 2.85. The predicted octanol–water partition coefficient (Wildman–Crippen LogP) is 2.52. The second kappa shape index (κ2) is 11.0. The Bertz CT molecular complexity index is 104. The maximum absolute atomic E-state index is 9.04. The highest BCUT2D eigenvalue weighted by Crippen LogP contribution is 2.08. The number of aliphatic hydroxyl groups excluding tert-OH is 1. The quantitative estimate of drug-likeness (QED) is 0.531. The van der Waals surface area contributed by atoms with Gasteiger partial charge in [0.2, 0.25) is 0 Å². The minimum Gasteiger partial charge on any atom is -0.393 e. The van der Waals surface area contributed by atoms with Gasteiger partial charge < -0.3 is 10.4 Å². The second-order valence-electron chi connectivity index (χ2n) is 4.01. The van der Waals surface area contributed by atoms with Gasteiger partial charge in [-0.25, -0.2) is 0 Å². The third-order valence-electron chi connectivity index (χ3n) is 2.40. The van der Waals surface area contributed by atoms with E-state index in [1.807, 2.05) is 6.92 Å². The molecule has 0 saturated carbocycles. The first-order valence-electron chi connectivity index (χ1n) is 5.95. The summed E-state index contributed by atoms with van der Waals surface area (Å²) in [5, 5.41) is 12.3. The molecule has 0 aromatic rings. The molecule has 85 valence electrons. The van der Waals surface area contributed by atoms with Crippen molar-refractivity contribution in [2.75, 3.05) is 13.1 Å². The van der Waals surface area contributed by atoms with Gasteiger partial charge in [-0.2, -0.15) is 0 Å². The molecule has 0 rings (SSSR count). The Morgan fingerprint density at radius 3 is 2.21 bits per heavy atom. The molecule has 0 amide bonds. The SMILES string of the molecule is [CH2]CNCCCCCCCCC(C)O. The average Bonchev–Trinajstić information content (AvgIpc) is 2.15. The van der Waals surface area contributed by atoms with Crippen molar-refractivity contribution >= 4 is 0 Å². The van der Waals surface area contributed by atoms with Gasteiger partial charge in [-0.05, 0) is 39.8 Å². The van der Waals surface area contributed by atoms with Crippen LogP contribution >= 0.6 is 0 Å². The molecule has 2 heteroatoms. The van der Waals surface area contributed by atoms with Crippen molar-refractivity contribution in [1.29, 1.82) is 0 Å². The minimum absolute atomic E-state index is 0.115. The zero-order chi connectivity index (χ0) is 10.6. The van der Waals surface area contributed by atoms with Crippen LogP contribution in [-0.4, -0.2) is 24.3 Å². The van der Waals surface area contributed by atoms with Gasteiger partial charge in [-0.15, -0.1) is 0 Å². The molecule has 0 aliphatic carbocycles. The van der Waals surface area contributed by atoms with Crippen molar-refractivity contribution in [3.05, 3.63) is 6.92 Å². The fraction of sp³-hybridized carbons (Fsp3) is 0.917. The van der Waals surface area contributed by atoms with E-state index < -0.39 is 0 Å². The molecule has 2 nitrogen and oxygen atoms in total. The summed E-state index contributed by atoms with van der Waals surface area (Å²) in [7, 11) is 0. The number of unbranched alkanes of at least 4 members (excludes halogenated alkanes) is 5. The third-order valence-corrected chi connectivity index (χ3v) is 2.40. The number of hydrogen-bond donors (Lipinski definition) is 2. The van der Waals surface area contributed by atoms with E-state index in [2.05, 4.69) is 12.2 Å². The summed E-state index contributed by atoms with van der Waals surface area (Å²) >= 11 is 0. The normalized spacial score (nSPS) is 13.1. The van der Waals surface area contributed by atoms with Crippen LogP contribution < -0.4 is 5.32 Å². The maximum atomic E-state index is 9.04. The van der Waals surface area contributed by atoms with Crippen LogP contribution in [0.5, 0.6) is 0 Å². The molecular formula is C12H26NO. The topological polar surface area (TPSA) is 32.3 Å². The molecule has 1 unspecified atom stereocenters. The standard InChI is InChI=1S/C12H26NO/c1-3-13-11-9-7-5-4-6-8-10-12(2)14/h12-14H,1,3-11H2,2H3. The molecule has 0 fully saturated rings. The van der Waals surface area contributed by atoms with E-state index >= 15 is 0 Å². The Morgan fingerprint density at radius 1 is 1.07 bits per heavy atom. The van der Waals surface area contributed by atoms with Crippen molar-refractivity contribution in [3.8, 4) is 0 Å². The molecule has 0 spiro atoms. The Morgan fingerprint density at radius 2 is 1.64 bits per heavy atom. The highest BCUT2D eigenvalue weighted by Gasteiger charge is 1.95. The Labute approximate surface area is 89.1 Å². The zero-order valence-corrected chi connectivity index (χ0v) is 9.60. The summed E-state index contributed by atoms with van der Waals surface area (Å²) < 4.78 is 0. The first-order valence-corrected chi connectivity index (χ1v) is 5.95. The number of nitrogens with one attached hydrogen (secondary N) is 1. The number of rotatable bonds is 10. The Hall–Kier alpha value is -0.0800. The van der Waals surface area contributed by atoms with Crippen LogP contribution in [0.25, 0.3) is 0 Å². The van der Waals surface area contributed by atoms with Crippen molar-refractivity contribution < 1.29 is 5.11 Å². The van der Waals surface area contributed by atoms with E-state index in [1.165, 1.54) is 38.5 Å². The molecule has 0 saturated heterocycles. The highest BCUT2D eigenvalue weighted by atomic mass is 16.3. The smallest absolute Gasteiger partial charge is 0.0512 e. The fourth-order valence-electron chi connectivity index (χ4n) is 1.52. The predicted molar refractivity (Wildman–Crippen MR) is 62.2 cm³/mol. The van der Waals surface area contributed by atoms with Crippen LogP contribution in [-0.2, 0) is 0 Å². The van der Waals surface area contributed by atoms with Crippen LogP contribution in [0.15, 0.2) is 0 Å². The molecule has 1 radical (unpaired) electrons. The van der Waals surface area contributed by atoms with Crippen molar-refractivity contribution in [3.63, 3.8) is 0 Å². The van der Waals surface area contributed by atoms with E-state index in [9.17, 15) is 0 Å². The third kappa shape index (κ3) is 11.9. The van der Waals surface area contributed by atoms with Crippen LogP contribution in [0, 0.1) is 6.92 Å². The molecule has 0 aliphatic rings. The monoisotopic (exact) mass is 200 g/mol. The lowest BCUT2D eigenvalue weighted by atomic mass is 10.1. The summed E-state index contributed by atoms with van der Waals surface area (Å²) in [6.45, 7) is 7.54. The summed E-state index contributed by atoms with van der Waals surface area (Å²) in [4.78, 5) is 0. The summed E-state index contributed by atoms with van der Waals surface area (Å²) in [6, 6.07) is 0. The van der Waals surface area contributed by atoms with Crippen LogP contribution in [0.4, 0.5) is 0 Å². The van der Waals surface area contributed by atoms with Gasteiger partial charge in [0.25, 0.3) is 0 Å². The highest BCUT2D eigenvalue weighted by molar-refractivity contribution is 4.52. The van der Waals surface area contributed by atoms with Gasteiger partial charge in [0.1, 0.15) is 0 Å². The lowest BCUT2D eigenvalue weighted by Gasteiger charge is -2.04. The van der Waals surface area contributed by atoms with Crippen LogP contribution in [0.3, 0.4) is 0 Å². The van der Waals surface area contributed by atoms with Gasteiger partial charge in [0.05, 0.1) is 6.10 Å². The second-order valence-corrected chi connectivity index (χ2v) is 4.01. The van der Waals surface area contributed by atoms with Crippen molar-refractivity contribution in [2.45, 2.75) is 58.0 Å². The molecule has 2 N–H and O–H groups in total. The Kier molecular flexibility index (Phi) is 10.9. The first kappa shape index (κ1) is 13.9. The number of hydrogen-bond acceptors (Lipinski definition) is 2. The molecule has 1 atom stereocenters. The van der Waals surface area contributed by atoms with Crippen molar-refractivity contribution in [1.82, 2.24) is 5.32 Å². The largest absolute Gasteiger partial charge is 0.393 e. The average molecular weight is 200 g/mol. The van der Waals surface area contributed by atoms with Crippen LogP contribution in [0.1, 0.15) is 51.9 Å². The van der Waals surface area contributed by atoms with Gasteiger partial charge in [0, 0.05) is 0 Å². The lowest BCUT2D eigenvalue weighted by molar-refractivity contribution is 0.180. The van der Waals surface area contributed by atoms with E-state index in [4.69, 9.17) is 5.11 Å². The summed E-state index contributed by atoms with van der Waals surface area (Å²) in [5.41, 5.74) is 0. The molecule has 0 aromatic heterocycles. The van der Waals surface area contributed by atoms with E-state index in [0.29, 0.717) is 0 Å². The van der Waals surface area contributed by atoms with Gasteiger partial charge >= 0.3 is 0 Å². The van der Waals surface area contributed by atoms with Crippen molar-refractivity contribution in [2.24, 2.45) is 0 Å². The summed E-state index contributed by atoms with van der Waals surface area (Å²) in [6.07, 6.45) is 8.53. The molecule has 14 heavy (non-hydrogen) atoms. The van der Waals surface area contributed by atoms with E-state index in [1.54, 1.807) is 0 Å². The van der Waals surface area contributed by atoms with Gasteiger partial charge in [-0.1, -0.05) is 32.1 Å². The molecule has 0 aromatic carbocycles. The zero-order valence-electron chi connectivity index (χ0n) is 9.60. The molecule has 0 heterocycles. The van der Waals surface area contributed by atoms with E-state index in [0.717, 1.165) is 19.5 Å². The van der Waals surface area contributed by atoms with Gasteiger partial charge in [-0.3, -0.25) is 0 Å². The molecule has 0 aliphatic heterocycles. The molecular weight excluding hydrogens is 174 g/mol. The fourth-order valence-corrected chi connectivity index (χ4v) is 1.52. The van der Waals surface area contributed by atoms with Crippen LogP contribution in [0.2, 0.25) is 0 Å². The minimum atomic E-state index is -0.115. The number of aliphatic hydroxyl groups is 1. The maximum Gasteiger partial charge on any atom is 0.0512 e. The van der Waals surface area contributed by atoms with E-state index in [-0.39, 0.29) is 6.10 Å². The van der Waals surface area contributed by atoms with Gasteiger partial charge in [0.15, 0.2) is 0 Å².